The highest BCUT2D eigenvalue weighted by Crippen LogP contribution is 2.26. The summed E-state index contributed by atoms with van der Waals surface area (Å²) in [5.41, 5.74) is 0. The molecular formula is C10H15NO5. The van der Waals surface area contributed by atoms with E-state index in [-0.39, 0.29) is 30.6 Å². The molecule has 0 aromatic carbocycles. The zero-order chi connectivity index (χ0) is 12.1. The van der Waals surface area contributed by atoms with Crippen LogP contribution in [0.5, 0.6) is 0 Å². The number of nitrogens with one attached hydrogen (secondary N) is 1. The predicted octanol–water partition coefficient (Wildman–Crippen LogP) is -0.384. The van der Waals surface area contributed by atoms with E-state index in [0.717, 1.165) is 0 Å². The van der Waals surface area contributed by atoms with Crippen molar-refractivity contribution in [2.45, 2.75) is 32.5 Å². The molecule has 0 aromatic heterocycles. The van der Waals surface area contributed by atoms with Crippen molar-refractivity contribution in [3.05, 3.63) is 0 Å². The normalized spacial score (nSPS) is 25.0. The van der Waals surface area contributed by atoms with Crippen LogP contribution in [-0.2, 0) is 23.9 Å². The van der Waals surface area contributed by atoms with Crippen LogP contribution < -0.4 is 5.32 Å². The van der Waals surface area contributed by atoms with E-state index in [1.54, 1.807) is 13.8 Å². The topological polar surface area (TPSA) is 81.7 Å². The molecule has 0 saturated carbocycles. The summed E-state index contributed by atoms with van der Waals surface area (Å²) in [6.07, 6.45) is 0.414. The third-order valence-electron chi connectivity index (χ3n) is 2.42. The summed E-state index contributed by atoms with van der Waals surface area (Å²) in [5, 5.41) is 2.21. The van der Waals surface area contributed by atoms with Gasteiger partial charge in [0, 0.05) is 6.42 Å². The van der Waals surface area contributed by atoms with Crippen LogP contribution in [0.1, 0.15) is 20.3 Å². The maximum absolute atomic E-state index is 11.1. The van der Waals surface area contributed by atoms with Crippen molar-refractivity contribution in [1.82, 2.24) is 5.32 Å². The van der Waals surface area contributed by atoms with E-state index in [2.05, 4.69) is 5.32 Å². The third-order valence-corrected chi connectivity index (χ3v) is 2.42. The maximum atomic E-state index is 11.1. The summed E-state index contributed by atoms with van der Waals surface area (Å²) in [6.45, 7) is 3.35. The SMILES string of the molecule is CC1C(=O)O[C@H]1C[C@@H](C)OC(=O)CNC=O. The Kier molecular flexibility index (Phi) is 4.28. The number of carbonyl (C=O) groups is 3. The maximum Gasteiger partial charge on any atom is 0.325 e. The van der Waals surface area contributed by atoms with E-state index in [4.69, 9.17) is 9.47 Å². The number of amides is 1. The predicted molar refractivity (Wildman–Crippen MR) is 53.3 cm³/mol. The first-order chi connectivity index (χ1) is 7.54. The molecule has 0 aliphatic carbocycles. The second kappa shape index (κ2) is 5.48. The molecule has 0 radical (unpaired) electrons. The van der Waals surface area contributed by atoms with E-state index in [1.807, 2.05) is 0 Å². The summed E-state index contributed by atoms with van der Waals surface area (Å²) < 4.78 is 9.87. The second-order valence-corrected chi connectivity index (χ2v) is 3.80. The number of rotatable bonds is 6. The lowest BCUT2D eigenvalue weighted by molar-refractivity contribution is -0.186. The lowest BCUT2D eigenvalue weighted by Gasteiger charge is -2.34. The average molecular weight is 229 g/mol. The average Bonchev–Trinajstić information content (AvgIpc) is 2.25. The van der Waals surface area contributed by atoms with Gasteiger partial charge in [0.15, 0.2) is 0 Å². The molecule has 3 atom stereocenters. The number of carbonyl (C=O) groups excluding carboxylic acids is 3. The van der Waals surface area contributed by atoms with Gasteiger partial charge in [-0.3, -0.25) is 14.4 Å². The number of cyclic esters (lactones) is 1. The molecule has 1 N–H and O–H groups in total. The minimum absolute atomic E-state index is 0.130. The molecule has 1 rings (SSSR count). The molecule has 0 aromatic rings. The van der Waals surface area contributed by atoms with Crippen molar-refractivity contribution in [3.63, 3.8) is 0 Å². The molecule has 6 heteroatoms. The van der Waals surface area contributed by atoms with Crippen molar-refractivity contribution >= 4 is 18.3 Å². The zero-order valence-electron chi connectivity index (χ0n) is 9.26. The van der Waals surface area contributed by atoms with Crippen LogP contribution in [0, 0.1) is 5.92 Å². The minimum Gasteiger partial charge on any atom is -0.461 e. The first-order valence-corrected chi connectivity index (χ1v) is 5.11. The van der Waals surface area contributed by atoms with Gasteiger partial charge in [-0.25, -0.2) is 0 Å². The molecule has 1 heterocycles. The van der Waals surface area contributed by atoms with Crippen molar-refractivity contribution in [2.24, 2.45) is 5.92 Å². The van der Waals surface area contributed by atoms with Gasteiger partial charge >= 0.3 is 11.9 Å². The van der Waals surface area contributed by atoms with Crippen LogP contribution in [0.3, 0.4) is 0 Å². The summed E-state index contributed by atoms with van der Waals surface area (Å²) in [6, 6.07) is 0. The van der Waals surface area contributed by atoms with E-state index in [1.165, 1.54) is 0 Å². The Morgan fingerprint density at radius 1 is 1.69 bits per heavy atom. The van der Waals surface area contributed by atoms with Crippen LogP contribution in [0.15, 0.2) is 0 Å². The van der Waals surface area contributed by atoms with E-state index >= 15 is 0 Å². The Morgan fingerprint density at radius 3 is 2.88 bits per heavy atom. The molecule has 0 spiro atoms. The fraction of sp³-hybridized carbons (Fsp3) is 0.700. The molecule has 1 aliphatic heterocycles. The number of ether oxygens (including phenoxy) is 2. The highest BCUT2D eigenvalue weighted by Gasteiger charge is 2.39. The second-order valence-electron chi connectivity index (χ2n) is 3.80. The molecule has 1 aliphatic rings. The Bertz CT molecular complexity index is 291. The van der Waals surface area contributed by atoms with Crippen LogP contribution >= 0.6 is 0 Å². The molecule has 16 heavy (non-hydrogen) atoms. The van der Waals surface area contributed by atoms with Gasteiger partial charge in [-0.2, -0.15) is 0 Å². The quantitative estimate of drug-likeness (QED) is 0.495. The fourth-order valence-electron chi connectivity index (χ4n) is 1.46. The summed E-state index contributed by atoms with van der Waals surface area (Å²) in [4.78, 5) is 31.8. The lowest BCUT2D eigenvalue weighted by Crippen LogP contribution is -2.45. The molecular weight excluding hydrogens is 214 g/mol. The molecule has 90 valence electrons. The van der Waals surface area contributed by atoms with Crippen LogP contribution in [0.2, 0.25) is 0 Å². The zero-order valence-corrected chi connectivity index (χ0v) is 9.26. The Balaban J connectivity index is 2.20. The van der Waals surface area contributed by atoms with Crippen molar-refractivity contribution < 1.29 is 23.9 Å². The highest BCUT2D eigenvalue weighted by atomic mass is 16.6. The largest absolute Gasteiger partial charge is 0.461 e. The van der Waals surface area contributed by atoms with Crippen LogP contribution in [-0.4, -0.2) is 37.1 Å². The van der Waals surface area contributed by atoms with Crippen LogP contribution in [0.4, 0.5) is 0 Å². The Labute approximate surface area is 93.3 Å². The molecule has 1 amide bonds. The van der Waals surface area contributed by atoms with Crippen molar-refractivity contribution in [2.75, 3.05) is 6.54 Å². The Morgan fingerprint density at radius 2 is 2.38 bits per heavy atom. The molecule has 0 bridgehead atoms. The van der Waals surface area contributed by atoms with E-state index < -0.39 is 5.97 Å². The Hall–Kier alpha value is -1.59. The monoisotopic (exact) mass is 229 g/mol. The lowest BCUT2D eigenvalue weighted by atomic mass is 9.94. The van der Waals surface area contributed by atoms with E-state index in [0.29, 0.717) is 12.8 Å². The molecule has 1 fully saturated rings. The van der Waals surface area contributed by atoms with Gasteiger partial charge in [-0.1, -0.05) is 0 Å². The summed E-state index contributed by atoms with van der Waals surface area (Å²) in [5.74, 6) is -0.849. The van der Waals surface area contributed by atoms with Crippen LogP contribution in [0.25, 0.3) is 0 Å². The van der Waals surface area contributed by atoms with E-state index in [9.17, 15) is 14.4 Å². The standard InChI is InChI=1S/C10H15NO5/c1-6(15-9(13)4-11-5-12)3-8-7(2)10(14)16-8/h5-8H,3-4H2,1-2H3,(H,11,12)/t6-,7?,8+/m1/s1. The van der Waals surface area contributed by atoms with Crippen molar-refractivity contribution in [3.8, 4) is 0 Å². The fourth-order valence-corrected chi connectivity index (χ4v) is 1.46. The minimum atomic E-state index is -0.502. The number of esters is 2. The smallest absolute Gasteiger partial charge is 0.325 e. The van der Waals surface area contributed by atoms with Gasteiger partial charge in [0.05, 0.1) is 5.92 Å². The number of hydrogen-bond donors (Lipinski definition) is 1. The summed E-state index contributed by atoms with van der Waals surface area (Å²) >= 11 is 0. The van der Waals surface area contributed by atoms with Gasteiger partial charge < -0.3 is 14.8 Å². The van der Waals surface area contributed by atoms with Gasteiger partial charge in [-0.15, -0.1) is 0 Å². The third kappa shape index (κ3) is 3.22. The molecule has 1 saturated heterocycles. The number of hydrogen-bond acceptors (Lipinski definition) is 5. The highest BCUT2D eigenvalue weighted by molar-refractivity contribution is 5.78. The molecule has 1 unspecified atom stereocenters. The first-order valence-electron chi connectivity index (χ1n) is 5.11. The van der Waals surface area contributed by atoms with Gasteiger partial charge in [0.25, 0.3) is 0 Å². The first kappa shape index (κ1) is 12.5. The van der Waals surface area contributed by atoms with Crippen molar-refractivity contribution in [1.29, 1.82) is 0 Å². The molecule has 6 nitrogen and oxygen atoms in total. The van der Waals surface area contributed by atoms with Gasteiger partial charge in [0.1, 0.15) is 18.8 Å². The summed E-state index contributed by atoms with van der Waals surface area (Å²) in [7, 11) is 0. The van der Waals surface area contributed by atoms with Gasteiger partial charge in [-0.05, 0) is 13.8 Å². The van der Waals surface area contributed by atoms with Gasteiger partial charge in [0.2, 0.25) is 6.41 Å².